The zero-order valence-corrected chi connectivity index (χ0v) is 11.5. The maximum Gasteiger partial charge on any atom is 0.240 e. The average Bonchev–Trinajstić information content (AvgIpc) is 2.39. The molecule has 0 aliphatic carbocycles. The van der Waals surface area contributed by atoms with E-state index in [4.69, 9.17) is 4.74 Å². The minimum atomic E-state index is -3.68. The molecule has 19 heavy (non-hydrogen) atoms. The van der Waals surface area contributed by atoms with Gasteiger partial charge in [0.15, 0.2) is 11.6 Å². The van der Waals surface area contributed by atoms with Crippen molar-refractivity contribution in [1.82, 2.24) is 10.0 Å². The molecule has 1 heterocycles. The van der Waals surface area contributed by atoms with Crippen LogP contribution in [-0.2, 0) is 10.0 Å². The largest absolute Gasteiger partial charge is 0.494 e. The van der Waals surface area contributed by atoms with Crippen LogP contribution in [0.3, 0.4) is 0 Å². The summed E-state index contributed by atoms with van der Waals surface area (Å²) < 4.78 is 45.1. The van der Waals surface area contributed by atoms with E-state index in [2.05, 4.69) is 10.0 Å². The Kier molecular flexibility index (Phi) is 4.38. The fourth-order valence-electron chi connectivity index (χ4n) is 2.04. The third-order valence-corrected chi connectivity index (χ3v) is 4.61. The van der Waals surface area contributed by atoms with Gasteiger partial charge in [0.2, 0.25) is 10.0 Å². The van der Waals surface area contributed by atoms with Crippen LogP contribution in [0.15, 0.2) is 23.1 Å². The number of nitrogens with one attached hydrogen (secondary N) is 2. The number of methoxy groups -OCH3 is 1. The molecule has 106 valence electrons. The van der Waals surface area contributed by atoms with Crippen LogP contribution in [0.4, 0.5) is 4.39 Å². The lowest BCUT2D eigenvalue weighted by molar-refractivity contribution is 0.385. The van der Waals surface area contributed by atoms with E-state index in [0.717, 1.165) is 32.0 Å². The first-order chi connectivity index (χ1) is 9.03. The summed E-state index contributed by atoms with van der Waals surface area (Å²) in [5.41, 5.74) is 0. The van der Waals surface area contributed by atoms with Crippen LogP contribution in [0.2, 0.25) is 0 Å². The van der Waals surface area contributed by atoms with Crippen molar-refractivity contribution < 1.29 is 17.5 Å². The van der Waals surface area contributed by atoms with Crippen LogP contribution in [0.1, 0.15) is 12.8 Å². The third-order valence-electron chi connectivity index (χ3n) is 3.09. The Balaban J connectivity index is 2.16. The van der Waals surface area contributed by atoms with Gasteiger partial charge >= 0.3 is 0 Å². The van der Waals surface area contributed by atoms with Crippen LogP contribution in [0, 0.1) is 5.82 Å². The van der Waals surface area contributed by atoms with Gasteiger partial charge in [0.05, 0.1) is 12.0 Å². The highest BCUT2D eigenvalue weighted by atomic mass is 32.2. The summed E-state index contributed by atoms with van der Waals surface area (Å²) >= 11 is 0. The minimum Gasteiger partial charge on any atom is -0.494 e. The fraction of sp³-hybridized carbons (Fsp3) is 0.500. The van der Waals surface area contributed by atoms with E-state index < -0.39 is 15.8 Å². The lowest BCUT2D eigenvalue weighted by Crippen LogP contribution is -2.42. The monoisotopic (exact) mass is 288 g/mol. The Hall–Kier alpha value is -1.18. The van der Waals surface area contributed by atoms with Gasteiger partial charge in [0, 0.05) is 6.04 Å². The van der Waals surface area contributed by atoms with Gasteiger partial charge < -0.3 is 10.1 Å². The van der Waals surface area contributed by atoms with E-state index in [1.807, 2.05) is 0 Å². The molecule has 0 spiro atoms. The van der Waals surface area contributed by atoms with Crippen molar-refractivity contribution in [2.45, 2.75) is 23.8 Å². The number of benzene rings is 1. The first kappa shape index (κ1) is 14.2. The first-order valence-corrected chi connectivity index (χ1v) is 7.58. The van der Waals surface area contributed by atoms with Gasteiger partial charge in [-0.3, -0.25) is 0 Å². The zero-order valence-electron chi connectivity index (χ0n) is 10.6. The van der Waals surface area contributed by atoms with Crippen molar-refractivity contribution in [2.24, 2.45) is 0 Å². The molecule has 5 nitrogen and oxygen atoms in total. The Morgan fingerprint density at radius 1 is 1.37 bits per heavy atom. The van der Waals surface area contributed by atoms with Gasteiger partial charge in [-0.2, -0.15) is 0 Å². The topological polar surface area (TPSA) is 67.4 Å². The van der Waals surface area contributed by atoms with Gasteiger partial charge in [0.25, 0.3) is 0 Å². The summed E-state index contributed by atoms with van der Waals surface area (Å²) in [5, 5.41) is 3.15. The zero-order chi connectivity index (χ0) is 13.9. The highest BCUT2D eigenvalue weighted by Gasteiger charge is 2.22. The van der Waals surface area contributed by atoms with Crippen LogP contribution in [-0.4, -0.2) is 34.7 Å². The summed E-state index contributed by atoms with van der Waals surface area (Å²) in [6, 6.07) is 3.52. The molecule has 7 heteroatoms. The normalized spacial score (nSPS) is 17.4. The molecule has 2 rings (SSSR count). The fourth-order valence-corrected chi connectivity index (χ4v) is 3.36. The van der Waals surface area contributed by atoms with Crippen LogP contribution in [0.5, 0.6) is 5.75 Å². The quantitative estimate of drug-likeness (QED) is 0.862. The lowest BCUT2D eigenvalue weighted by Gasteiger charge is -2.23. The lowest BCUT2D eigenvalue weighted by atomic mass is 10.1. The number of hydrogen-bond donors (Lipinski definition) is 2. The number of hydrogen-bond acceptors (Lipinski definition) is 4. The predicted octanol–water partition coefficient (Wildman–Crippen LogP) is 0.865. The van der Waals surface area contributed by atoms with Crippen LogP contribution in [0.25, 0.3) is 0 Å². The smallest absolute Gasteiger partial charge is 0.240 e. The standard InChI is InChI=1S/C12H17FN2O3S/c1-18-12-3-2-10(8-11(12)13)19(16,17)15-9-4-6-14-7-5-9/h2-3,8-9,14-15H,4-7H2,1H3. The number of piperidine rings is 1. The maximum atomic E-state index is 13.5. The van der Waals surface area contributed by atoms with Crippen LogP contribution >= 0.6 is 0 Å². The van der Waals surface area contributed by atoms with Crippen molar-refractivity contribution in [2.75, 3.05) is 20.2 Å². The Bertz CT molecular complexity index is 542. The number of halogens is 1. The van der Waals surface area contributed by atoms with Crippen molar-refractivity contribution in [3.63, 3.8) is 0 Å². The molecule has 1 aliphatic heterocycles. The van der Waals surface area contributed by atoms with Crippen molar-refractivity contribution >= 4 is 10.0 Å². The van der Waals surface area contributed by atoms with E-state index in [-0.39, 0.29) is 16.7 Å². The van der Waals surface area contributed by atoms with Crippen molar-refractivity contribution in [3.05, 3.63) is 24.0 Å². The minimum absolute atomic E-state index is 0.0285. The highest BCUT2D eigenvalue weighted by molar-refractivity contribution is 7.89. The highest BCUT2D eigenvalue weighted by Crippen LogP contribution is 2.21. The predicted molar refractivity (Wildman–Crippen MR) is 69.2 cm³/mol. The van der Waals surface area contributed by atoms with Gasteiger partial charge in [-0.05, 0) is 44.1 Å². The van der Waals surface area contributed by atoms with Crippen molar-refractivity contribution in [1.29, 1.82) is 0 Å². The molecule has 0 atom stereocenters. The van der Waals surface area contributed by atoms with E-state index in [0.29, 0.717) is 0 Å². The Labute approximate surface area is 112 Å². The molecule has 1 saturated heterocycles. The third kappa shape index (κ3) is 3.43. The van der Waals surface area contributed by atoms with E-state index in [1.54, 1.807) is 0 Å². The maximum absolute atomic E-state index is 13.5. The molecule has 0 amide bonds. The van der Waals surface area contributed by atoms with E-state index >= 15 is 0 Å². The van der Waals surface area contributed by atoms with Crippen molar-refractivity contribution in [3.8, 4) is 5.75 Å². The first-order valence-electron chi connectivity index (χ1n) is 6.09. The number of rotatable bonds is 4. The molecule has 1 aromatic carbocycles. The molecular weight excluding hydrogens is 271 g/mol. The second-order valence-electron chi connectivity index (χ2n) is 4.44. The SMILES string of the molecule is COc1ccc(S(=O)(=O)NC2CCNCC2)cc1F. The molecule has 1 fully saturated rings. The summed E-state index contributed by atoms with van der Waals surface area (Å²) in [5.74, 6) is -0.656. The van der Waals surface area contributed by atoms with E-state index in [1.165, 1.54) is 19.2 Å². The number of sulfonamides is 1. The van der Waals surface area contributed by atoms with Gasteiger partial charge in [-0.1, -0.05) is 0 Å². The molecule has 0 aromatic heterocycles. The summed E-state index contributed by atoms with van der Waals surface area (Å²) in [6.45, 7) is 1.56. The Morgan fingerprint density at radius 2 is 2.05 bits per heavy atom. The summed E-state index contributed by atoms with van der Waals surface area (Å²) in [7, 11) is -2.35. The second kappa shape index (κ2) is 5.85. The average molecular weight is 288 g/mol. The molecule has 0 unspecified atom stereocenters. The molecule has 0 saturated carbocycles. The second-order valence-corrected chi connectivity index (χ2v) is 6.16. The van der Waals surface area contributed by atoms with E-state index in [9.17, 15) is 12.8 Å². The molecule has 0 radical (unpaired) electrons. The van der Waals surface area contributed by atoms with Gasteiger partial charge in [-0.15, -0.1) is 0 Å². The van der Waals surface area contributed by atoms with Crippen LogP contribution < -0.4 is 14.8 Å². The summed E-state index contributed by atoms with van der Waals surface area (Å²) in [6.07, 6.45) is 1.47. The molecule has 0 bridgehead atoms. The number of ether oxygens (including phenoxy) is 1. The van der Waals surface area contributed by atoms with Gasteiger partial charge in [-0.25, -0.2) is 17.5 Å². The summed E-state index contributed by atoms with van der Waals surface area (Å²) in [4.78, 5) is -0.0793. The Morgan fingerprint density at radius 3 is 2.63 bits per heavy atom. The molecule has 1 aromatic rings. The molecular formula is C12H17FN2O3S. The molecule has 1 aliphatic rings. The van der Waals surface area contributed by atoms with Gasteiger partial charge in [0.1, 0.15) is 0 Å². The molecule has 2 N–H and O–H groups in total.